The van der Waals surface area contributed by atoms with E-state index in [1.54, 1.807) is 18.2 Å². The van der Waals surface area contributed by atoms with Crippen LogP contribution in [-0.2, 0) is 4.57 Å². The Labute approximate surface area is 107 Å². The summed E-state index contributed by atoms with van der Waals surface area (Å²) in [5.41, 5.74) is 3.06. The van der Waals surface area contributed by atoms with Gasteiger partial charge >= 0.3 is 7.60 Å². The standard InChI is InChI=1S/C9H14BrN2O4P/c1-16-9-3-2-6(4-7(9)10)8(12-11)5-17(13,14)15/h2-4,8,12H,5,11H2,1H3,(H2,13,14,15). The van der Waals surface area contributed by atoms with Crippen molar-refractivity contribution in [3.8, 4) is 5.75 Å². The van der Waals surface area contributed by atoms with Crippen LogP contribution in [0.5, 0.6) is 5.75 Å². The average molecular weight is 325 g/mol. The molecule has 0 aliphatic carbocycles. The lowest BCUT2D eigenvalue weighted by Gasteiger charge is -2.17. The molecule has 0 saturated carbocycles. The van der Waals surface area contributed by atoms with Crippen LogP contribution in [0.25, 0.3) is 0 Å². The molecule has 1 rings (SSSR count). The summed E-state index contributed by atoms with van der Waals surface area (Å²) in [6, 6.07) is 4.49. The maximum atomic E-state index is 10.9. The van der Waals surface area contributed by atoms with E-state index in [0.29, 0.717) is 15.8 Å². The summed E-state index contributed by atoms with van der Waals surface area (Å²) in [4.78, 5) is 17.9. The van der Waals surface area contributed by atoms with E-state index in [2.05, 4.69) is 21.4 Å². The minimum Gasteiger partial charge on any atom is -0.496 e. The van der Waals surface area contributed by atoms with Gasteiger partial charge in [-0.15, -0.1) is 0 Å². The molecular weight excluding hydrogens is 311 g/mol. The van der Waals surface area contributed by atoms with Crippen LogP contribution in [0.1, 0.15) is 11.6 Å². The van der Waals surface area contributed by atoms with Gasteiger partial charge in [-0.2, -0.15) is 0 Å². The lowest BCUT2D eigenvalue weighted by molar-refractivity contribution is 0.364. The lowest BCUT2D eigenvalue weighted by atomic mass is 10.1. The number of nitrogens with one attached hydrogen (secondary N) is 1. The van der Waals surface area contributed by atoms with Crippen LogP contribution in [0, 0.1) is 0 Å². The van der Waals surface area contributed by atoms with Gasteiger partial charge in [-0.25, -0.2) is 0 Å². The van der Waals surface area contributed by atoms with E-state index >= 15 is 0 Å². The third-order valence-corrected chi connectivity index (χ3v) is 3.66. The van der Waals surface area contributed by atoms with Crippen molar-refractivity contribution in [1.82, 2.24) is 5.43 Å². The Hall–Kier alpha value is -0.430. The number of halogens is 1. The average Bonchev–Trinajstić information content (AvgIpc) is 2.24. The summed E-state index contributed by atoms with van der Waals surface area (Å²) in [5.74, 6) is 5.93. The number of nitrogens with two attached hydrogens (primary N) is 1. The molecule has 0 aromatic heterocycles. The van der Waals surface area contributed by atoms with Crippen LogP contribution in [0.3, 0.4) is 0 Å². The van der Waals surface area contributed by atoms with Crippen LogP contribution in [0.4, 0.5) is 0 Å². The number of hydrogen-bond donors (Lipinski definition) is 4. The predicted octanol–water partition coefficient (Wildman–Crippen LogP) is 1.14. The van der Waals surface area contributed by atoms with Gasteiger partial charge < -0.3 is 14.5 Å². The first-order valence-corrected chi connectivity index (χ1v) is 7.30. The van der Waals surface area contributed by atoms with Crippen LogP contribution in [-0.4, -0.2) is 23.1 Å². The Kier molecular flexibility index (Phi) is 5.12. The Morgan fingerprint density at radius 1 is 1.59 bits per heavy atom. The fourth-order valence-electron chi connectivity index (χ4n) is 1.39. The first-order valence-electron chi connectivity index (χ1n) is 4.71. The maximum Gasteiger partial charge on any atom is 0.327 e. The zero-order valence-corrected chi connectivity index (χ0v) is 11.6. The number of hydrazine groups is 1. The quantitative estimate of drug-likeness (QED) is 0.368. The van der Waals surface area contributed by atoms with Crippen molar-refractivity contribution in [2.24, 2.45) is 5.84 Å². The SMILES string of the molecule is COc1ccc(C(CP(=O)(O)O)NN)cc1Br. The molecule has 0 saturated heterocycles. The van der Waals surface area contributed by atoms with Gasteiger partial charge in [0.25, 0.3) is 0 Å². The van der Waals surface area contributed by atoms with Gasteiger partial charge in [-0.05, 0) is 33.6 Å². The molecule has 0 radical (unpaired) electrons. The summed E-state index contributed by atoms with van der Waals surface area (Å²) in [6.45, 7) is 0. The summed E-state index contributed by atoms with van der Waals surface area (Å²) in [7, 11) is -2.59. The summed E-state index contributed by atoms with van der Waals surface area (Å²) < 4.78 is 16.7. The molecule has 0 heterocycles. The van der Waals surface area contributed by atoms with Gasteiger partial charge in [0, 0.05) is 0 Å². The van der Waals surface area contributed by atoms with E-state index in [1.807, 2.05) is 0 Å². The van der Waals surface area contributed by atoms with Crippen LogP contribution >= 0.6 is 23.5 Å². The number of ether oxygens (including phenoxy) is 1. The number of rotatable bonds is 5. The first-order chi connectivity index (χ1) is 7.87. The topological polar surface area (TPSA) is 105 Å². The van der Waals surface area contributed by atoms with E-state index in [4.69, 9.17) is 20.4 Å². The highest BCUT2D eigenvalue weighted by atomic mass is 79.9. The Morgan fingerprint density at radius 2 is 2.24 bits per heavy atom. The van der Waals surface area contributed by atoms with Crippen LogP contribution in [0.15, 0.2) is 22.7 Å². The molecule has 0 bridgehead atoms. The lowest BCUT2D eigenvalue weighted by Crippen LogP contribution is -2.30. The molecule has 6 nitrogen and oxygen atoms in total. The van der Waals surface area contributed by atoms with Gasteiger partial charge in [0.1, 0.15) is 5.75 Å². The van der Waals surface area contributed by atoms with Crippen molar-refractivity contribution >= 4 is 23.5 Å². The minimum atomic E-state index is -4.13. The van der Waals surface area contributed by atoms with Crippen molar-refractivity contribution in [2.45, 2.75) is 6.04 Å². The second kappa shape index (κ2) is 5.95. The number of methoxy groups -OCH3 is 1. The maximum absolute atomic E-state index is 10.9. The molecule has 0 amide bonds. The third kappa shape index (κ3) is 4.39. The molecule has 5 N–H and O–H groups in total. The summed E-state index contributed by atoms with van der Waals surface area (Å²) in [6.07, 6.45) is -0.359. The first kappa shape index (κ1) is 14.6. The van der Waals surface area contributed by atoms with Crippen LogP contribution < -0.4 is 16.0 Å². The Balaban J connectivity index is 2.97. The third-order valence-electron chi connectivity index (χ3n) is 2.20. The highest BCUT2D eigenvalue weighted by Gasteiger charge is 2.22. The fraction of sp³-hybridized carbons (Fsp3) is 0.333. The van der Waals surface area contributed by atoms with Gasteiger partial charge in [0.05, 0.1) is 23.8 Å². The normalized spacial score (nSPS) is 13.5. The van der Waals surface area contributed by atoms with E-state index in [-0.39, 0.29) is 6.16 Å². The molecule has 1 aromatic rings. The Bertz CT molecular complexity index is 437. The zero-order chi connectivity index (χ0) is 13.1. The molecule has 8 heteroatoms. The molecule has 0 fully saturated rings. The monoisotopic (exact) mass is 324 g/mol. The van der Waals surface area contributed by atoms with Gasteiger partial charge in [0.15, 0.2) is 0 Å². The predicted molar refractivity (Wildman–Crippen MR) is 67.7 cm³/mol. The van der Waals surface area contributed by atoms with Crippen molar-refractivity contribution in [3.05, 3.63) is 28.2 Å². The van der Waals surface area contributed by atoms with Crippen molar-refractivity contribution in [2.75, 3.05) is 13.3 Å². The molecule has 1 unspecified atom stereocenters. The van der Waals surface area contributed by atoms with Gasteiger partial charge in [0.2, 0.25) is 0 Å². The largest absolute Gasteiger partial charge is 0.496 e. The summed E-state index contributed by atoms with van der Waals surface area (Å²) >= 11 is 3.30. The zero-order valence-electron chi connectivity index (χ0n) is 9.13. The highest BCUT2D eigenvalue weighted by molar-refractivity contribution is 9.10. The number of hydrogen-bond acceptors (Lipinski definition) is 4. The molecule has 17 heavy (non-hydrogen) atoms. The molecular formula is C9H14BrN2O4P. The smallest absolute Gasteiger partial charge is 0.327 e. The molecule has 1 atom stereocenters. The highest BCUT2D eigenvalue weighted by Crippen LogP contribution is 2.39. The molecule has 96 valence electrons. The molecule has 0 aliphatic heterocycles. The van der Waals surface area contributed by atoms with Crippen molar-refractivity contribution in [3.63, 3.8) is 0 Å². The molecule has 0 aliphatic rings. The van der Waals surface area contributed by atoms with E-state index in [0.717, 1.165) is 0 Å². The van der Waals surface area contributed by atoms with E-state index in [9.17, 15) is 4.57 Å². The molecule has 0 spiro atoms. The summed E-state index contributed by atoms with van der Waals surface area (Å²) in [5, 5.41) is 0. The van der Waals surface area contributed by atoms with Gasteiger partial charge in [-0.3, -0.25) is 15.8 Å². The van der Waals surface area contributed by atoms with Crippen LogP contribution in [0.2, 0.25) is 0 Å². The number of benzene rings is 1. The Morgan fingerprint density at radius 3 is 2.65 bits per heavy atom. The van der Waals surface area contributed by atoms with E-state index < -0.39 is 13.6 Å². The minimum absolute atomic E-state index is 0.359. The fourth-order valence-corrected chi connectivity index (χ4v) is 2.74. The molecule has 1 aromatic carbocycles. The van der Waals surface area contributed by atoms with Crippen molar-refractivity contribution in [1.29, 1.82) is 0 Å². The second-order valence-electron chi connectivity index (χ2n) is 3.46. The second-order valence-corrected chi connectivity index (χ2v) is 6.01. The van der Waals surface area contributed by atoms with E-state index in [1.165, 1.54) is 7.11 Å². The van der Waals surface area contributed by atoms with Gasteiger partial charge in [-0.1, -0.05) is 6.07 Å². The van der Waals surface area contributed by atoms with Crippen molar-refractivity contribution < 1.29 is 19.1 Å².